The Bertz CT molecular complexity index is 482. The summed E-state index contributed by atoms with van der Waals surface area (Å²) >= 11 is 3.10. The van der Waals surface area contributed by atoms with Gasteiger partial charge in [0, 0.05) is 26.1 Å². The normalized spacial score (nSPS) is 10.5. The molecule has 0 atom stereocenters. The van der Waals surface area contributed by atoms with Gasteiger partial charge in [-0.2, -0.15) is 11.3 Å². The van der Waals surface area contributed by atoms with Gasteiger partial charge in [-0.25, -0.2) is 4.79 Å². The van der Waals surface area contributed by atoms with Crippen LogP contribution in [0.2, 0.25) is 0 Å². The van der Waals surface area contributed by atoms with Gasteiger partial charge in [0.25, 0.3) is 0 Å². The summed E-state index contributed by atoms with van der Waals surface area (Å²) in [6, 6.07) is 4.06. The summed E-state index contributed by atoms with van der Waals surface area (Å²) in [5, 5.41) is 12.6. The zero-order valence-corrected chi connectivity index (χ0v) is 9.82. The Kier molecular flexibility index (Phi) is 2.88. The van der Waals surface area contributed by atoms with Crippen molar-refractivity contribution < 1.29 is 9.90 Å². The van der Waals surface area contributed by atoms with Crippen molar-refractivity contribution in [2.45, 2.75) is 13.3 Å². The number of hydrogen-bond donors (Lipinski definition) is 1. The minimum Gasteiger partial charge on any atom is -0.478 e. The van der Waals surface area contributed by atoms with Gasteiger partial charge in [-0.05, 0) is 18.6 Å². The lowest BCUT2D eigenvalue weighted by atomic mass is 10.2. The van der Waals surface area contributed by atoms with E-state index in [-0.39, 0.29) is 0 Å². The molecule has 0 radical (unpaired) electrons. The molecule has 0 aliphatic carbocycles. The third-order valence-electron chi connectivity index (χ3n) is 2.17. The van der Waals surface area contributed by atoms with Crippen molar-refractivity contribution in [3.05, 3.63) is 33.3 Å². The van der Waals surface area contributed by atoms with Gasteiger partial charge >= 0.3 is 5.97 Å². The van der Waals surface area contributed by atoms with Gasteiger partial charge in [-0.3, -0.25) is 0 Å². The van der Waals surface area contributed by atoms with Gasteiger partial charge in [0.2, 0.25) is 0 Å². The van der Waals surface area contributed by atoms with Gasteiger partial charge in [0.1, 0.15) is 0 Å². The molecule has 0 unspecified atom stereocenters. The molecule has 2 aromatic heterocycles. The molecule has 2 rings (SSSR count). The van der Waals surface area contributed by atoms with Crippen LogP contribution < -0.4 is 0 Å². The van der Waals surface area contributed by atoms with Crippen LogP contribution in [0.1, 0.15) is 22.2 Å². The lowest BCUT2D eigenvalue weighted by molar-refractivity contribution is 0.0698. The van der Waals surface area contributed by atoms with E-state index in [0.29, 0.717) is 5.56 Å². The quantitative estimate of drug-likeness (QED) is 0.884. The molecular formula is C11H10O2S2. The Balaban J connectivity index is 2.44. The molecule has 78 valence electrons. The van der Waals surface area contributed by atoms with Crippen molar-refractivity contribution in [3.8, 4) is 10.4 Å². The van der Waals surface area contributed by atoms with Crippen molar-refractivity contribution >= 4 is 28.6 Å². The Labute approximate surface area is 95.8 Å². The Morgan fingerprint density at radius 3 is 2.80 bits per heavy atom. The number of thiophene rings is 2. The maximum Gasteiger partial charge on any atom is 0.337 e. The molecule has 0 aliphatic rings. The molecule has 0 saturated heterocycles. The smallest absolute Gasteiger partial charge is 0.337 e. The number of aromatic carboxylic acids is 1. The first-order valence-electron chi connectivity index (χ1n) is 4.61. The predicted molar refractivity (Wildman–Crippen MR) is 64.0 cm³/mol. The number of carboxylic acids is 1. The number of hydrogen-bond acceptors (Lipinski definition) is 3. The standard InChI is InChI=1S/C11H10O2S2/c1-2-7-3-4-10(15-7)8-5-14-6-9(8)11(12)13/h3-6H,2H2,1H3,(H,12,13). The molecule has 4 heteroatoms. The van der Waals surface area contributed by atoms with Crippen molar-refractivity contribution in [3.63, 3.8) is 0 Å². The fraction of sp³-hybridized carbons (Fsp3) is 0.182. The van der Waals surface area contributed by atoms with Crippen LogP contribution in [0.5, 0.6) is 0 Å². The Hall–Kier alpha value is -1.13. The summed E-state index contributed by atoms with van der Waals surface area (Å²) in [4.78, 5) is 13.3. The predicted octanol–water partition coefficient (Wildman–Crippen LogP) is 3.74. The first-order valence-corrected chi connectivity index (χ1v) is 6.37. The average Bonchev–Trinajstić information content (AvgIpc) is 2.85. The Morgan fingerprint density at radius 2 is 2.20 bits per heavy atom. The molecule has 0 aromatic carbocycles. The highest BCUT2D eigenvalue weighted by Gasteiger charge is 2.13. The molecule has 2 heterocycles. The van der Waals surface area contributed by atoms with Crippen LogP contribution in [-0.2, 0) is 6.42 Å². The number of aryl methyl sites for hydroxylation is 1. The van der Waals surface area contributed by atoms with E-state index < -0.39 is 5.97 Å². The maximum atomic E-state index is 10.9. The van der Waals surface area contributed by atoms with Crippen LogP contribution in [0, 0.1) is 0 Å². The minimum atomic E-state index is -0.849. The molecule has 0 saturated carbocycles. The molecule has 0 fully saturated rings. The molecule has 0 amide bonds. The topological polar surface area (TPSA) is 37.3 Å². The number of carbonyl (C=O) groups is 1. The minimum absolute atomic E-state index is 0.407. The van der Waals surface area contributed by atoms with E-state index in [1.54, 1.807) is 16.7 Å². The molecule has 0 spiro atoms. The van der Waals surface area contributed by atoms with Gasteiger partial charge in [0.15, 0.2) is 0 Å². The molecule has 15 heavy (non-hydrogen) atoms. The summed E-state index contributed by atoms with van der Waals surface area (Å²) in [5.41, 5.74) is 1.25. The lowest BCUT2D eigenvalue weighted by Crippen LogP contribution is -1.94. The van der Waals surface area contributed by atoms with E-state index in [1.807, 2.05) is 11.4 Å². The summed E-state index contributed by atoms with van der Waals surface area (Å²) in [6.07, 6.45) is 0.997. The second-order valence-electron chi connectivity index (χ2n) is 3.12. The third kappa shape index (κ3) is 1.96. The van der Waals surface area contributed by atoms with E-state index in [2.05, 4.69) is 13.0 Å². The van der Waals surface area contributed by atoms with Crippen LogP contribution in [0.25, 0.3) is 10.4 Å². The third-order valence-corrected chi connectivity index (χ3v) is 4.17. The lowest BCUT2D eigenvalue weighted by Gasteiger charge is -1.95. The van der Waals surface area contributed by atoms with Crippen molar-refractivity contribution in [1.82, 2.24) is 0 Å². The molecule has 0 aliphatic heterocycles. The average molecular weight is 238 g/mol. The van der Waals surface area contributed by atoms with E-state index in [1.165, 1.54) is 16.2 Å². The zero-order valence-electron chi connectivity index (χ0n) is 8.19. The highest BCUT2D eigenvalue weighted by Crippen LogP contribution is 2.33. The SMILES string of the molecule is CCc1ccc(-c2cscc2C(=O)O)s1. The van der Waals surface area contributed by atoms with Gasteiger partial charge in [0.05, 0.1) is 5.56 Å². The zero-order chi connectivity index (χ0) is 10.8. The van der Waals surface area contributed by atoms with Crippen molar-refractivity contribution in [1.29, 1.82) is 0 Å². The fourth-order valence-electron chi connectivity index (χ4n) is 1.37. The summed E-state index contributed by atoms with van der Waals surface area (Å²) in [5.74, 6) is -0.849. The first kappa shape index (κ1) is 10.4. The van der Waals surface area contributed by atoms with Crippen LogP contribution in [-0.4, -0.2) is 11.1 Å². The highest BCUT2D eigenvalue weighted by molar-refractivity contribution is 7.16. The van der Waals surface area contributed by atoms with E-state index in [0.717, 1.165) is 16.9 Å². The largest absolute Gasteiger partial charge is 0.478 e. The first-order chi connectivity index (χ1) is 7.22. The van der Waals surface area contributed by atoms with Crippen LogP contribution in [0.3, 0.4) is 0 Å². The molecule has 2 aromatic rings. The summed E-state index contributed by atoms with van der Waals surface area (Å²) in [6.45, 7) is 2.10. The monoisotopic (exact) mass is 238 g/mol. The van der Waals surface area contributed by atoms with Gasteiger partial charge in [-0.15, -0.1) is 11.3 Å². The van der Waals surface area contributed by atoms with E-state index in [9.17, 15) is 4.79 Å². The summed E-state index contributed by atoms with van der Waals surface area (Å²) in [7, 11) is 0. The van der Waals surface area contributed by atoms with Gasteiger partial charge < -0.3 is 5.11 Å². The molecule has 0 bridgehead atoms. The fourth-order valence-corrected chi connectivity index (χ4v) is 3.24. The van der Waals surface area contributed by atoms with E-state index >= 15 is 0 Å². The number of rotatable bonds is 3. The molecule has 2 nitrogen and oxygen atoms in total. The van der Waals surface area contributed by atoms with Crippen LogP contribution in [0.4, 0.5) is 0 Å². The van der Waals surface area contributed by atoms with E-state index in [4.69, 9.17) is 5.11 Å². The Morgan fingerprint density at radius 1 is 1.40 bits per heavy atom. The maximum absolute atomic E-state index is 10.9. The highest BCUT2D eigenvalue weighted by atomic mass is 32.1. The van der Waals surface area contributed by atoms with Gasteiger partial charge in [-0.1, -0.05) is 6.92 Å². The second kappa shape index (κ2) is 4.16. The molecular weight excluding hydrogens is 228 g/mol. The summed E-state index contributed by atoms with van der Waals surface area (Å²) < 4.78 is 0. The number of carboxylic acid groups (broad SMARTS) is 1. The van der Waals surface area contributed by atoms with Crippen LogP contribution >= 0.6 is 22.7 Å². The van der Waals surface area contributed by atoms with Crippen molar-refractivity contribution in [2.24, 2.45) is 0 Å². The van der Waals surface area contributed by atoms with Crippen molar-refractivity contribution in [2.75, 3.05) is 0 Å². The molecule has 1 N–H and O–H groups in total. The second-order valence-corrected chi connectivity index (χ2v) is 5.04. The van der Waals surface area contributed by atoms with Crippen LogP contribution in [0.15, 0.2) is 22.9 Å².